The topological polar surface area (TPSA) is 54.7 Å². The third kappa shape index (κ3) is 1.81. The highest BCUT2D eigenvalue weighted by Crippen LogP contribution is 2.26. The quantitative estimate of drug-likeness (QED) is 0.809. The van der Waals surface area contributed by atoms with E-state index < -0.39 is 0 Å². The summed E-state index contributed by atoms with van der Waals surface area (Å²) in [4.78, 5) is 0. The molecule has 0 amide bonds. The summed E-state index contributed by atoms with van der Waals surface area (Å²) in [6, 6.07) is 6.31. The molecule has 1 aromatic carbocycles. The van der Waals surface area contributed by atoms with Crippen LogP contribution in [-0.2, 0) is 6.42 Å². The second kappa shape index (κ2) is 4.00. The number of nitrogen functional groups attached to an aromatic ring is 1. The van der Waals surface area contributed by atoms with Crippen molar-refractivity contribution in [3.05, 3.63) is 34.9 Å². The van der Waals surface area contributed by atoms with Gasteiger partial charge in [-0.15, -0.1) is 0 Å². The van der Waals surface area contributed by atoms with E-state index in [4.69, 9.17) is 5.73 Å². The van der Waals surface area contributed by atoms with Gasteiger partial charge in [-0.05, 0) is 43.0 Å². The molecule has 0 aliphatic heterocycles. The zero-order valence-electron chi connectivity index (χ0n) is 9.96. The Labute approximate surface area is 95.7 Å². The Morgan fingerprint density at radius 3 is 2.56 bits per heavy atom. The Morgan fingerprint density at radius 1 is 1.25 bits per heavy atom. The van der Waals surface area contributed by atoms with Crippen molar-refractivity contribution in [2.45, 2.75) is 27.2 Å². The molecule has 3 heteroatoms. The Balaban J connectivity index is 2.59. The zero-order valence-corrected chi connectivity index (χ0v) is 9.96. The molecule has 2 rings (SSSR count). The standard InChI is InChI=1S/C13H17N3/c1-4-10-5-8(2)9(3)11(6-10)12-7-13(14)16-15-12/h5-7H,4H2,1-3H3,(H3,14,15,16). The normalized spacial score (nSPS) is 10.7. The molecule has 0 aliphatic rings. The van der Waals surface area contributed by atoms with Crippen LogP contribution in [0.5, 0.6) is 0 Å². The maximum atomic E-state index is 5.63. The summed E-state index contributed by atoms with van der Waals surface area (Å²) in [5.41, 5.74) is 11.7. The van der Waals surface area contributed by atoms with Gasteiger partial charge >= 0.3 is 0 Å². The van der Waals surface area contributed by atoms with Crippen molar-refractivity contribution in [1.82, 2.24) is 10.2 Å². The van der Waals surface area contributed by atoms with Gasteiger partial charge in [-0.3, -0.25) is 5.10 Å². The fourth-order valence-corrected chi connectivity index (χ4v) is 1.89. The zero-order chi connectivity index (χ0) is 11.7. The van der Waals surface area contributed by atoms with Crippen LogP contribution in [0.4, 0.5) is 5.82 Å². The monoisotopic (exact) mass is 215 g/mol. The van der Waals surface area contributed by atoms with Gasteiger partial charge in [-0.2, -0.15) is 5.10 Å². The van der Waals surface area contributed by atoms with E-state index in [9.17, 15) is 0 Å². The van der Waals surface area contributed by atoms with E-state index in [1.807, 2.05) is 6.07 Å². The number of aromatic amines is 1. The predicted molar refractivity (Wildman–Crippen MR) is 67.3 cm³/mol. The number of rotatable bonds is 2. The van der Waals surface area contributed by atoms with Gasteiger partial charge in [-0.25, -0.2) is 0 Å². The number of nitrogens with zero attached hydrogens (tertiary/aromatic N) is 1. The number of hydrogen-bond acceptors (Lipinski definition) is 2. The molecule has 0 radical (unpaired) electrons. The highest BCUT2D eigenvalue weighted by Gasteiger charge is 2.08. The average molecular weight is 215 g/mol. The minimum Gasteiger partial charge on any atom is -0.382 e. The third-order valence-electron chi connectivity index (χ3n) is 3.02. The number of nitrogens with two attached hydrogens (primary N) is 1. The molecule has 84 valence electrons. The van der Waals surface area contributed by atoms with Gasteiger partial charge < -0.3 is 5.73 Å². The van der Waals surface area contributed by atoms with E-state index in [1.54, 1.807) is 0 Å². The van der Waals surface area contributed by atoms with Gasteiger partial charge in [0.25, 0.3) is 0 Å². The third-order valence-corrected chi connectivity index (χ3v) is 3.02. The molecule has 0 saturated carbocycles. The fraction of sp³-hybridized carbons (Fsp3) is 0.308. The lowest BCUT2D eigenvalue weighted by molar-refractivity contribution is 1.09. The highest BCUT2D eigenvalue weighted by atomic mass is 15.2. The van der Waals surface area contributed by atoms with E-state index in [0.29, 0.717) is 5.82 Å². The molecule has 1 aromatic heterocycles. The van der Waals surface area contributed by atoms with Crippen LogP contribution in [0, 0.1) is 13.8 Å². The maximum absolute atomic E-state index is 5.63. The number of nitrogens with one attached hydrogen (secondary N) is 1. The van der Waals surface area contributed by atoms with E-state index >= 15 is 0 Å². The summed E-state index contributed by atoms with van der Waals surface area (Å²) in [6.07, 6.45) is 1.04. The van der Waals surface area contributed by atoms with E-state index in [-0.39, 0.29) is 0 Å². The summed E-state index contributed by atoms with van der Waals surface area (Å²) in [6.45, 7) is 6.42. The molecule has 3 N–H and O–H groups in total. The van der Waals surface area contributed by atoms with Crippen molar-refractivity contribution < 1.29 is 0 Å². The largest absolute Gasteiger partial charge is 0.382 e. The molecule has 0 fully saturated rings. The lowest BCUT2D eigenvalue weighted by Crippen LogP contribution is -1.92. The Morgan fingerprint density at radius 2 is 2.00 bits per heavy atom. The maximum Gasteiger partial charge on any atom is 0.145 e. The number of aryl methyl sites for hydroxylation is 2. The molecule has 0 atom stereocenters. The second-order valence-corrected chi connectivity index (χ2v) is 4.15. The van der Waals surface area contributed by atoms with E-state index in [0.717, 1.165) is 12.1 Å². The first-order chi connectivity index (χ1) is 7.61. The fourth-order valence-electron chi connectivity index (χ4n) is 1.89. The Bertz CT molecular complexity index is 512. The minimum atomic E-state index is 0.536. The number of anilines is 1. The molecule has 0 unspecified atom stereocenters. The van der Waals surface area contributed by atoms with Crippen LogP contribution in [-0.4, -0.2) is 10.2 Å². The molecule has 0 saturated heterocycles. The van der Waals surface area contributed by atoms with Crippen LogP contribution in [0.3, 0.4) is 0 Å². The summed E-state index contributed by atoms with van der Waals surface area (Å²) in [7, 11) is 0. The number of H-pyrrole nitrogens is 1. The van der Waals surface area contributed by atoms with Crippen molar-refractivity contribution >= 4 is 5.82 Å². The molecular formula is C13H17N3. The highest BCUT2D eigenvalue weighted by molar-refractivity contribution is 5.68. The number of hydrogen-bond donors (Lipinski definition) is 2. The summed E-state index contributed by atoms with van der Waals surface area (Å²) in [5, 5.41) is 6.94. The number of aromatic nitrogens is 2. The molecule has 0 spiro atoms. The first-order valence-corrected chi connectivity index (χ1v) is 5.53. The first-order valence-electron chi connectivity index (χ1n) is 5.53. The first kappa shape index (κ1) is 10.7. The van der Waals surface area contributed by atoms with Crippen molar-refractivity contribution in [2.24, 2.45) is 0 Å². The van der Waals surface area contributed by atoms with Crippen LogP contribution >= 0.6 is 0 Å². The van der Waals surface area contributed by atoms with Gasteiger partial charge in [0.15, 0.2) is 0 Å². The second-order valence-electron chi connectivity index (χ2n) is 4.15. The van der Waals surface area contributed by atoms with Crippen molar-refractivity contribution in [1.29, 1.82) is 0 Å². The number of benzene rings is 1. The summed E-state index contributed by atoms with van der Waals surface area (Å²) >= 11 is 0. The molecule has 2 aromatic rings. The smallest absolute Gasteiger partial charge is 0.145 e. The van der Waals surface area contributed by atoms with Crippen LogP contribution in [0.1, 0.15) is 23.6 Å². The lowest BCUT2D eigenvalue weighted by Gasteiger charge is -2.09. The Hall–Kier alpha value is -1.77. The molecule has 3 nitrogen and oxygen atoms in total. The van der Waals surface area contributed by atoms with Crippen molar-refractivity contribution in [3.63, 3.8) is 0 Å². The van der Waals surface area contributed by atoms with Crippen LogP contribution in [0.25, 0.3) is 11.3 Å². The van der Waals surface area contributed by atoms with E-state index in [2.05, 4.69) is 43.1 Å². The van der Waals surface area contributed by atoms with Crippen LogP contribution in [0.15, 0.2) is 18.2 Å². The summed E-state index contributed by atoms with van der Waals surface area (Å²) in [5.74, 6) is 0.536. The van der Waals surface area contributed by atoms with Gasteiger partial charge in [-0.1, -0.05) is 13.0 Å². The van der Waals surface area contributed by atoms with Gasteiger partial charge in [0.2, 0.25) is 0 Å². The van der Waals surface area contributed by atoms with Crippen molar-refractivity contribution in [3.8, 4) is 11.3 Å². The predicted octanol–water partition coefficient (Wildman–Crippen LogP) is 2.84. The minimum absolute atomic E-state index is 0.536. The molecule has 1 heterocycles. The lowest BCUT2D eigenvalue weighted by atomic mass is 9.96. The molecule has 16 heavy (non-hydrogen) atoms. The Kier molecular flexibility index (Phi) is 2.69. The molecule has 0 bridgehead atoms. The van der Waals surface area contributed by atoms with Gasteiger partial charge in [0.1, 0.15) is 5.82 Å². The van der Waals surface area contributed by atoms with Gasteiger partial charge in [0, 0.05) is 11.6 Å². The molecular weight excluding hydrogens is 198 g/mol. The van der Waals surface area contributed by atoms with Gasteiger partial charge in [0.05, 0.1) is 5.69 Å². The van der Waals surface area contributed by atoms with Crippen molar-refractivity contribution in [2.75, 3.05) is 5.73 Å². The molecule has 0 aliphatic carbocycles. The summed E-state index contributed by atoms with van der Waals surface area (Å²) < 4.78 is 0. The average Bonchev–Trinajstić information content (AvgIpc) is 2.68. The SMILES string of the molecule is CCc1cc(C)c(C)c(-c2cc(N)n[nH]2)c1. The van der Waals surface area contributed by atoms with Crippen LogP contribution in [0.2, 0.25) is 0 Å². The van der Waals surface area contributed by atoms with Crippen LogP contribution < -0.4 is 5.73 Å². The van der Waals surface area contributed by atoms with E-state index in [1.165, 1.54) is 22.3 Å².